The minimum absolute atomic E-state index is 0.178. The molecule has 1 aliphatic carbocycles. The third-order valence-electron chi connectivity index (χ3n) is 9.41. The van der Waals surface area contributed by atoms with Crippen LogP contribution in [0.15, 0.2) is 117 Å². The van der Waals surface area contributed by atoms with Gasteiger partial charge in [0, 0.05) is 28.6 Å². The molecule has 1 atom stereocenters. The van der Waals surface area contributed by atoms with E-state index < -0.39 is 0 Å². The summed E-state index contributed by atoms with van der Waals surface area (Å²) in [4.78, 5) is 3.75. The van der Waals surface area contributed by atoms with Gasteiger partial charge < -0.3 is 4.90 Å². The van der Waals surface area contributed by atoms with Crippen molar-refractivity contribution in [2.45, 2.75) is 58.9 Å². The maximum Gasteiger partial charge on any atom is 0.262 e. The van der Waals surface area contributed by atoms with E-state index in [1.165, 1.54) is 63.5 Å². The molecular weight excluding hydrogens is 608 g/mol. The number of anilines is 1. The molecule has 2 aliphatic rings. The Labute approximate surface area is 280 Å². The van der Waals surface area contributed by atoms with Gasteiger partial charge in [0.05, 0.1) is 10.7 Å². The Kier molecular flexibility index (Phi) is 8.18. The first kappa shape index (κ1) is 30.3. The van der Waals surface area contributed by atoms with E-state index in [1.807, 2.05) is 23.1 Å². The molecule has 0 spiro atoms. The molecule has 0 bridgehead atoms. The molecule has 0 saturated carbocycles. The highest BCUT2D eigenvalue weighted by Crippen LogP contribution is 2.49. The number of benzene rings is 4. The topological polar surface area (TPSA) is 7.12 Å². The molecule has 45 heavy (non-hydrogen) atoms. The molecule has 0 radical (unpaired) electrons. The van der Waals surface area contributed by atoms with Crippen LogP contribution in [0.3, 0.4) is 0 Å². The van der Waals surface area contributed by atoms with Gasteiger partial charge in [-0.25, -0.2) is 0 Å². The van der Waals surface area contributed by atoms with Gasteiger partial charge in [0.15, 0.2) is 0 Å². The van der Waals surface area contributed by atoms with Crippen LogP contribution in [-0.2, 0) is 6.54 Å². The zero-order valence-corrected chi connectivity index (χ0v) is 29.1. The number of halogens is 1. The van der Waals surface area contributed by atoms with Gasteiger partial charge in [-0.1, -0.05) is 116 Å². The zero-order chi connectivity index (χ0) is 31.3. The predicted molar refractivity (Wildman–Crippen MR) is 198 cm³/mol. The van der Waals surface area contributed by atoms with Gasteiger partial charge >= 0.3 is 0 Å². The first-order valence-electron chi connectivity index (χ1n) is 16.0. The van der Waals surface area contributed by atoms with Gasteiger partial charge in [0.2, 0.25) is 5.52 Å². The van der Waals surface area contributed by atoms with Crippen LogP contribution in [0.1, 0.15) is 52.5 Å². The number of nitrogens with zero attached hydrogens (tertiary/aromatic N) is 2. The fraction of sp³-hybridized carbons (Fsp3) is 0.275. The van der Waals surface area contributed by atoms with Gasteiger partial charge in [-0.2, -0.15) is 4.57 Å². The predicted octanol–water partition coefficient (Wildman–Crippen LogP) is 11.9. The summed E-state index contributed by atoms with van der Waals surface area (Å²) in [5.41, 5.74) is 5.25. The van der Waals surface area contributed by atoms with E-state index in [0.29, 0.717) is 5.92 Å². The molecule has 1 aromatic heterocycles. The molecule has 1 aliphatic heterocycles. The summed E-state index contributed by atoms with van der Waals surface area (Å²) in [6, 6.07) is 26.6. The first-order valence-corrected chi connectivity index (χ1v) is 18.1. The number of thioether (sulfide) groups is 1. The smallest absolute Gasteiger partial charge is 0.262 e. The highest BCUT2D eigenvalue weighted by atomic mass is 35.5. The van der Waals surface area contributed by atoms with Crippen LogP contribution in [0, 0.1) is 11.3 Å². The maximum absolute atomic E-state index is 7.28. The lowest BCUT2D eigenvalue weighted by atomic mass is 9.71. The number of aryl methyl sites for hydroxylation is 1. The Balaban J connectivity index is 1.25. The van der Waals surface area contributed by atoms with E-state index in [1.54, 1.807) is 0 Å². The fourth-order valence-electron chi connectivity index (χ4n) is 6.70. The monoisotopic (exact) mass is 647 g/mol. The molecule has 2 nitrogen and oxygen atoms in total. The quantitative estimate of drug-likeness (QED) is 0.175. The number of hydrogen-bond acceptors (Lipinski definition) is 3. The van der Waals surface area contributed by atoms with Crippen molar-refractivity contribution in [2.75, 3.05) is 11.4 Å². The normalized spacial score (nSPS) is 19.3. The average molecular weight is 648 g/mol. The Bertz CT molecular complexity index is 2070. The van der Waals surface area contributed by atoms with Gasteiger partial charge in [0.1, 0.15) is 11.2 Å². The molecule has 5 heteroatoms. The van der Waals surface area contributed by atoms with E-state index in [9.17, 15) is 0 Å². The molecule has 7 rings (SSSR count). The van der Waals surface area contributed by atoms with Crippen LogP contribution < -0.4 is 9.47 Å². The molecule has 0 amide bonds. The van der Waals surface area contributed by atoms with Crippen LogP contribution in [0.2, 0.25) is 0 Å². The summed E-state index contributed by atoms with van der Waals surface area (Å²) >= 11 is 11.0. The lowest BCUT2D eigenvalue weighted by Crippen LogP contribution is -2.33. The SMILES string of the molecule is CCN1/C(=C/C=C2\CC(C(C)(C)C)CC(/C=C/c3sc4cc5ccccc5cc4[n+]3CC)=C2Cl)Sc2cc3ccccc3cc21. The molecule has 2 heterocycles. The number of thiazole rings is 1. The van der Waals surface area contributed by atoms with E-state index in [4.69, 9.17) is 11.6 Å². The van der Waals surface area contributed by atoms with Gasteiger partial charge in [0.25, 0.3) is 5.01 Å². The molecule has 0 saturated heterocycles. The second-order valence-electron chi connectivity index (χ2n) is 13.2. The number of aromatic nitrogens is 1. The number of fused-ring (bicyclic) bond motifs is 4. The van der Waals surface area contributed by atoms with Crippen molar-refractivity contribution >= 4 is 78.2 Å². The van der Waals surface area contributed by atoms with Crippen LogP contribution in [0.4, 0.5) is 5.69 Å². The Morgan fingerprint density at radius 2 is 1.53 bits per heavy atom. The molecule has 0 fully saturated rings. The fourth-order valence-corrected chi connectivity index (χ4v) is 9.30. The van der Waals surface area contributed by atoms with Crippen LogP contribution in [-0.4, -0.2) is 6.54 Å². The average Bonchev–Trinajstić information content (AvgIpc) is 3.56. The summed E-state index contributed by atoms with van der Waals surface area (Å²) < 4.78 is 3.75. The van der Waals surface area contributed by atoms with E-state index in [0.717, 1.165) is 31.0 Å². The number of hydrogen-bond donors (Lipinski definition) is 0. The second kappa shape index (κ2) is 12.1. The molecule has 5 aromatic rings. The largest absolute Gasteiger partial charge is 0.335 e. The van der Waals surface area contributed by atoms with Gasteiger partial charge in [-0.05, 0) is 95.0 Å². The highest BCUT2D eigenvalue weighted by Gasteiger charge is 2.32. The van der Waals surface area contributed by atoms with Crippen molar-refractivity contribution in [2.24, 2.45) is 11.3 Å². The highest BCUT2D eigenvalue weighted by molar-refractivity contribution is 8.03. The lowest BCUT2D eigenvalue weighted by Gasteiger charge is -2.35. The lowest BCUT2D eigenvalue weighted by molar-refractivity contribution is -0.665. The van der Waals surface area contributed by atoms with Crippen molar-refractivity contribution in [3.8, 4) is 0 Å². The molecule has 228 valence electrons. The van der Waals surface area contributed by atoms with Crippen molar-refractivity contribution in [3.05, 3.63) is 117 Å². The van der Waals surface area contributed by atoms with E-state index >= 15 is 0 Å². The Morgan fingerprint density at radius 1 is 0.867 bits per heavy atom. The molecule has 1 unspecified atom stereocenters. The summed E-state index contributed by atoms with van der Waals surface area (Å²) in [6.07, 6.45) is 11.2. The van der Waals surface area contributed by atoms with E-state index in [-0.39, 0.29) is 5.41 Å². The Morgan fingerprint density at radius 3 is 2.20 bits per heavy atom. The van der Waals surface area contributed by atoms with Gasteiger partial charge in [-0.3, -0.25) is 0 Å². The number of rotatable bonds is 5. The van der Waals surface area contributed by atoms with Crippen LogP contribution in [0.5, 0.6) is 0 Å². The van der Waals surface area contributed by atoms with E-state index in [2.05, 4.69) is 141 Å². The number of allylic oxidation sites excluding steroid dienone is 6. The molecule has 4 aromatic carbocycles. The maximum atomic E-state index is 7.28. The third-order valence-corrected chi connectivity index (χ3v) is 12.1. The zero-order valence-electron chi connectivity index (χ0n) is 26.7. The first-order chi connectivity index (χ1) is 21.7. The molecule has 0 N–H and O–H groups in total. The summed E-state index contributed by atoms with van der Waals surface area (Å²) in [5.74, 6) is 0.510. The van der Waals surface area contributed by atoms with Crippen molar-refractivity contribution in [3.63, 3.8) is 0 Å². The van der Waals surface area contributed by atoms with Crippen LogP contribution >= 0.6 is 34.7 Å². The summed E-state index contributed by atoms with van der Waals surface area (Å²) in [5, 5.41) is 8.58. The molecular formula is C40H40ClN2S2+. The van der Waals surface area contributed by atoms with Crippen molar-refractivity contribution < 1.29 is 4.57 Å². The second-order valence-corrected chi connectivity index (χ2v) is 15.7. The minimum atomic E-state index is 0.178. The third kappa shape index (κ3) is 5.78. The minimum Gasteiger partial charge on any atom is -0.335 e. The van der Waals surface area contributed by atoms with Crippen LogP contribution in [0.25, 0.3) is 37.8 Å². The standard InChI is InChI=1S/C40H40ClN2S2/c1-6-42-33-22-26-12-8-10-14-28(26)24-35(33)44-37(42)18-16-30-20-32(40(3,4)5)21-31(39(30)41)17-19-38-43(7-2)34-23-27-13-9-11-15-29(27)25-36(34)45-38/h8-19,22-25,32H,6-7,20-21H2,1-5H3/q+1. The Hall–Kier alpha value is -3.31. The summed E-state index contributed by atoms with van der Waals surface area (Å²) in [7, 11) is 0. The summed E-state index contributed by atoms with van der Waals surface area (Å²) in [6.45, 7) is 13.4. The van der Waals surface area contributed by atoms with Gasteiger partial charge in [-0.15, -0.1) is 0 Å². The van der Waals surface area contributed by atoms with Crippen molar-refractivity contribution in [1.82, 2.24) is 0 Å². The van der Waals surface area contributed by atoms with Crippen molar-refractivity contribution in [1.29, 1.82) is 0 Å².